The molecule has 144 valence electrons. The van der Waals surface area contributed by atoms with Gasteiger partial charge in [0.1, 0.15) is 5.75 Å². The molecule has 0 unspecified atom stereocenters. The van der Waals surface area contributed by atoms with Gasteiger partial charge in [-0.2, -0.15) is 0 Å². The van der Waals surface area contributed by atoms with Crippen LogP contribution in [0, 0.1) is 0 Å². The molecule has 0 bridgehead atoms. The summed E-state index contributed by atoms with van der Waals surface area (Å²) in [6.07, 6.45) is 2.76. The van der Waals surface area contributed by atoms with Crippen molar-refractivity contribution in [1.29, 1.82) is 0 Å². The van der Waals surface area contributed by atoms with Gasteiger partial charge < -0.3 is 10.2 Å². The van der Waals surface area contributed by atoms with Gasteiger partial charge in [-0.1, -0.05) is 31.2 Å². The zero-order valence-corrected chi connectivity index (χ0v) is 16.4. The van der Waals surface area contributed by atoms with Gasteiger partial charge in [0, 0.05) is 6.54 Å². The summed E-state index contributed by atoms with van der Waals surface area (Å²) in [6.45, 7) is 4.33. The topological polar surface area (TPSA) is 90.2 Å². The van der Waals surface area contributed by atoms with Gasteiger partial charge in [-0.25, -0.2) is 9.79 Å². The van der Waals surface area contributed by atoms with Gasteiger partial charge in [0.05, 0.1) is 16.2 Å². The third-order valence-corrected chi connectivity index (χ3v) is 5.32. The van der Waals surface area contributed by atoms with E-state index in [0.717, 1.165) is 18.1 Å². The molecule has 2 aromatic carbocycles. The Balaban J connectivity index is 1.96. The zero-order valence-electron chi connectivity index (χ0n) is 15.5. The Morgan fingerprint density at radius 3 is 2.50 bits per heavy atom. The molecule has 0 spiro atoms. The number of carboxylic acid groups (broad SMARTS) is 1. The molecule has 2 N–H and O–H groups in total. The molecule has 0 atom stereocenters. The summed E-state index contributed by atoms with van der Waals surface area (Å²) in [5.74, 6) is -1.51. The van der Waals surface area contributed by atoms with Crippen molar-refractivity contribution in [2.75, 3.05) is 6.54 Å². The number of aromatic carboxylic acids is 1. The van der Waals surface area contributed by atoms with Crippen molar-refractivity contribution < 1.29 is 19.8 Å². The fourth-order valence-corrected chi connectivity index (χ4v) is 3.82. The summed E-state index contributed by atoms with van der Waals surface area (Å²) in [7, 11) is 0. The fraction of sp³-hybridized carbons (Fsp3) is 0.190. The first-order valence-electron chi connectivity index (χ1n) is 8.88. The summed E-state index contributed by atoms with van der Waals surface area (Å²) < 4.78 is 0. The van der Waals surface area contributed by atoms with Crippen molar-refractivity contribution in [2.45, 2.75) is 20.3 Å². The Morgan fingerprint density at radius 2 is 1.89 bits per heavy atom. The van der Waals surface area contributed by atoms with Crippen LogP contribution >= 0.6 is 11.8 Å². The SMILES string of the molecule is CCc1ccc(/C=C2\SC(=Nc3ccc(O)cc3C(=O)O)N(CC)C2=O)cc1. The van der Waals surface area contributed by atoms with Crippen LogP contribution < -0.4 is 0 Å². The lowest BCUT2D eigenvalue weighted by Crippen LogP contribution is -2.28. The second kappa shape index (κ2) is 8.31. The highest BCUT2D eigenvalue weighted by Gasteiger charge is 2.32. The van der Waals surface area contributed by atoms with Gasteiger partial charge in [-0.15, -0.1) is 0 Å². The molecule has 1 aliphatic rings. The molecule has 1 aliphatic heterocycles. The monoisotopic (exact) mass is 396 g/mol. The van der Waals surface area contributed by atoms with Crippen LogP contribution in [-0.2, 0) is 11.2 Å². The van der Waals surface area contributed by atoms with Crippen molar-refractivity contribution >= 4 is 40.6 Å². The number of hydrogen-bond donors (Lipinski definition) is 2. The molecule has 28 heavy (non-hydrogen) atoms. The standard InChI is InChI=1S/C21H20N2O4S/c1-3-13-5-7-14(8-6-13)11-18-19(25)23(4-2)21(28-18)22-17-10-9-15(24)12-16(17)20(26)27/h5-12,24H,3-4H2,1-2H3,(H,26,27)/b18-11-,22-21?. The van der Waals surface area contributed by atoms with E-state index in [9.17, 15) is 19.8 Å². The summed E-state index contributed by atoms with van der Waals surface area (Å²) in [5.41, 5.74) is 2.21. The molecule has 0 radical (unpaired) electrons. The number of aromatic hydroxyl groups is 1. The summed E-state index contributed by atoms with van der Waals surface area (Å²) in [6, 6.07) is 11.9. The van der Waals surface area contributed by atoms with Crippen molar-refractivity contribution in [3.8, 4) is 5.75 Å². The maximum atomic E-state index is 12.7. The summed E-state index contributed by atoms with van der Waals surface area (Å²) >= 11 is 1.21. The largest absolute Gasteiger partial charge is 0.508 e. The number of carbonyl (C=O) groups is 2. The van der Waals surface area contributed by atoms with Crippen LogP contribution in [0.1, 0.15) is 35.3 Å². The van der Waals surface area contributed by atoms with E-state index in [1.807, 2.05) is 37.3 Å². The number of aliphatic imine (C=N–C) groups is 1. The van der Waals surface area contributed by atoms with E-state index < -0.39 is 5.97 Å². The Kier molecular flexibility index (Phi) is 5.84. The number of carboxylic acids is 1. The number of carbonyl (C=O) groups excluding carboxylic acids is 1. The Labute approximate surface area is 167 Å². The first-order valence-corrected chi connectivity index (χ1v) is 9.70. The van der Waals surface area contributed by atoms with Crippen LogP contribution in [-0.4, -0.2) is 38.7 Å². The molecule has 7 heteroatoms. The lowest BCUT2D eigenvalue weighted by atomic mass is 10.1. The number of thioether (sulfide) groups is 1. The lowest BCUT2D eigenvalue weighted by Gasteiger charge is -2.12. The smallest absolute Gasteiger partial charge is 0.338 e. The Bertz CT molecular complexity index is 980. The number of phenolic OH excluding ortho intramolecular Hbond substituents is 1. The van der Waals surface area contributed by atoms with Crippen LogP contribution in [0.5, 0.6) is 5.75 Å². The fourth-order valence-electron chi connectivity index (χ4n) is 2.77. The molecule has 6 nitrogen and oxygen atoms in total. The van der Waals surface area contributed by atoms with Gasteiger partial charge in [-0.05, 0) is 60.5 Å². The maximum Gasteiger partial charge on any atom is 0.338 e. The van der Waals surface area contributed by atoms with Gasteiger partial charge in [0.25, 0.3) is 5.91 Å². The Hall–Kier alpha value is -3.06. The highest BCUT2D eigenvalue weighted by Crippen LogP contribution is 2.35. The molecule has 2 aromatic rings. The van der Waals surface area contributed by atoms with Gasteiger partial charge in [0.2, 0.25) is 0 Å². The minimum absolute atomic E-state index is 0.121. The number of likely N-dealkylation sites (N-methyl/N-ethyl adjacent to an activating group) is 1. The highest BCUT2D eigenvalue weighted by atomic mass is 32.2. The van der Waals surface area contributed by atoms with Crippen LogP contribution in [0.4, 0.5) is 5.69 Å². The number of amidine groups is 1. The third-order valence-electron chi connectivity index (χ3n) is 4.32. The molecule has 1 amide bonds. The van der Waals surface area contributed by atoms with Gasteiger partial charge >= 0.3 is 5.97 Å². The summed E-state index contributed by atoms with van der Waals surface area (Å²) in [5, 5.41) is 19.3. The van der Waals surface area contributed by atoms with E-state index in [2.05, 4.69) is 11.9 Å². The van der Waals surface area contributed by atoms with Gasteiger partial charge in [0.15, 0.2) is 5.17 Å². The maximum absolute atomic E-state index is 12.7. The molecule has 3 rings (SSSR count). The third kappa shape index (κ3) is 4.09. The van der Waals surface area contributed by atoms with Crippen molar-refractivity contribution in [2.24, 2.45) is 4.99 Å². The average Bonchev–Trinajstić information content (AvgIpc) is 2.98. The molecule has 1 saturated heterocycles. The number of phenols is 1. The van der Waals surface area contributed by atoms with E-state index >= 15 is 0 Å². The minimum atomic E-state index is -1.19. The number of benzene rings is 2. The normalized spacial score (nSPS) is 16.9. The zero-order chi connectivity index (χ0) is 20.3. The average molecular weight is 396 g/mol. The first-order chi connectivity index (χ1) is 13.4. The Morgan fingerprint density at radius 1 is 1.18 bits per heavy atom. The molecule has 0 aromatic heterocycles. The molecular weight excluding hydrogens is 376 g/mol. The number of hydrogen-bond acceptors (Lipinski definition) is 5. The van der Waals surface area contributed by atoms with E-state index in [1.165, 1.54) is 34.4 Å². The van der Waals surface area contributed by atoms with Gasteiger partial charge in [-0.3, -0.25) is 9.69 Å². The van der Waals surface area contributed by atoms with Crippen LogP contribution in [0.25, 0.3) is 6.08 Å². The van der Waals surface area contributed by atoms with E-state index in [1.54, 1.807) is 0 Å². The second-order valence-electron chi connectivity index (χ2n) is 6.16. The molecule has 1 fully saturated rings. The molecule has 0 aliphatic carbocycles. The molecular formula is C21H20N2O4S. The molecule has 1 heterocycles. The quantitative estimate of drug-likeness (QED) is 0.737. The predicted octanol–water partition coefficient (Wildman–Crippen LogP) is 4.28. The van der Waals surface area contributed by atoms with E-state index in [0.29, 0.717) is 16.6 Å². The lowest BCUT2D eigenvalue weighted by molar-refractivity contribution is -0.122. The number of amides is 1. The number of rotatable bonds is 5. The molecule has 0 saturated carbocycles. The predicted molar refractivity (Wildman–Crippen MR) is 111 cm³/mol. The highest BCUT2D eigenvalue weighted by molar-refractivity contribution is 8.18. The number of nitrogens with zero attached hydrogens (tertiary/aromatic N) is 2. The van der Waals surface area contributed by atoms with Crippen molar-refractivity contribution in [3.63, 3.8) is 0 Å². The van der Waals surface area contributed by atoms with E-state index in [4.69, 9.17) is 0 Å². The second-order valence-corrected chi connectivity index (χ2v) is 7.17. The van der Waals surface area contributed by atoms with Crippen LogP contribution in [0.2, 0.25) is 0 Å². The van der Waals surface area contributed by atoms with E-state index in [-0.39, 0.29) is 22.9 Å². The minimum Gasteiger partial charge on any atom is -0.508 e. The number of aryl methyl sites for hydroxylation is 1. The summed E-state index contributed by atoms with van der Waals surface area (Å²) in [4.78, 5) is 30.6. The van der Waals surface area contributed by atoms with Crippen LogP contribution in [0.3, 0.4) is 0 Å². The first kappa shape index (κ1) is 19.7. The van der Waals surface area contributed by atoms with Crippen molar-refractivity contribution in [1.82, 2.24) is 4.90 Å². The van der Waals surface area contributed by atoms with Crippen molar-refractivity contribution in [3.05, 3.63) is 64.1 Å². The van der Waals surface area contributed by atoms with Crippen LogP contribution in [0.15, 0.2) is 52.4 Å².